The number of nitrogens with zero attached hydrogens (tertiary/aromatic N) is 2. The molecule has 1 aromatic carbocycles. The van der Waals surface area contributed by atoms with Crippen LogP contribution in [0.1, 0.15) is 13.8 Å². The molecule has 0 bridgehead atoms. The second-order valence-corrected chi connectivity index (χ2v) is 5.41. The molecule has 0 saturated carbocycles. The van der Waals surface area contributed by atoms with Crippen molar-refractivity contribution in [2.45, 2.75) is 19.9 Å². The summed E-state index contributed by atoms with van der Waals surface area (Å²) in [5.74, 6) is 0. The second-order valence-electron chi connectivity index (χ2n) is 5.02. The molecule has 0 atom stereocenters. The SMILES string of the molecule is CC(C)Nc1cc(Cl)ncc1-c1ccc2[nH]ncc2c1. The van der Waals surface area contributed by atoms with E-state index in [1.54, 1.807) is 6.20 Å². The quantitative estimate of drug-likeness (QED) is 0.713. The number of H-pyrrole nitrogens is 1. The molecule has 0 aliphatic heterocycles. The molecule has 0 amide bonds. The lowest BCUT2D eigenvalue weighted by molar-refractivity contribution is 0.899. The minimum Gasteiger partial charge on any atom is -0.382 e. The molecule has 0 unspecified atom stereocenters. The van der Waals surface area contributed by atoms with Crippen molar-refractivity contribution in [1.82, 2.24) is 15.2 Å². The summed E-state index contributed by atoms with van der Waals surface area (Å²) in [6, 6.07) is 8.35. The average molecular weight is 287 g/mol. The van der Waals surface area contributed by atoms with Crippen molar-refractivity contribution < 1.29 is 0 Å². The van der Waals surface area contributed by atoms with Crippen LogP contribution in [0.4, 0.5) is 5.69 Å². The molecule has 2 aromatic heterocycles. The molecule has 20 heavy (non-hydrogen) atoms. The first kappa shape index (κ1) is 12.9. The lowest BCUT2D eigenvalue weighted by atomic mass is 10.0. The zero-order valence-corrected chi connectivity index (χ0v) is 12.1. The summed E-state index contributed by atoms with van der Waals surface area (Å²) >= 11 is 6.00. The van der Waals surface area contributed by atoms with Crippen molar-refractivity contribution >= 4 is 28.2 Å². The van der Waals surface area contributed by atoms with Crippen LogP contribution in [0.2, 0.25) is 5.15 Å². The second kappa shape index (κ2) is 5.13. The summed E-state index contributed by atoms with van der Waals surface area (Å²) in [4.78, 5) is 4.19. The molecule has 0 fully saturated rings. The Labute approximate surface area is 122 Å². The Morgan fingerprint density at radius 3 is 2.85 bits per heavy atom. The molecule has 102 valence electrons. The normalized spacial score (nSPS) is 11.2. The first-order valence-corrected chi connectivity index (χ1v) is 6.87. The summed E-state index contributed by atoms with van der Waals surface area (Å²) in [6.45, 7) is 4.19. The number of aromatic amines is 1. The fourth-order valence-electron chi connectivity index (χ4n) is 2.20. The van der Waals surface area contributed by atoms with Gasteiger partial charge in [0, 0.05) is 28.9 Å². The number of fused-ring (bicyclic) bond motifs is 1. The molecule has 3 rings (SSSR count). The number of hydrogen-bond acceptors (Lipinski definition) is 3. The maximum Gasteiger partial charge on any atom is 0.131 e. The molecule has 4 nitrogen and oxygen atoms in total. The van der Waals surface area contributed by atoms with Gasteiger partial charge in [0.2, 0.25) is 0 Å². The molecule has 5 heteroatoms. The predicted octanol–water partition coefficient (Wildman–Crippen LogP) is 4.10. The lowest BCUT2D eigenvalue weighted by Crippen LogP contribution is -2.10. The lowest BCUT2D eigenvalue weighted by Gasteiger charge is -2.15. The molecule has 0 radical (unpaired) electrons. The van der Waals surface area contributed by atoms with E-state index in [0.29, 0.717) is 11.2 Å². The summed E-state index contributed by atoms with van der Waals surface area (Å²) in [5.41, 5.74) is 4.13. The summed E-state index contributed by atoms with van der Waals surface area (Å²) < 4.78 is 0. The molecule has 3 aromatic rings. The Bertz CT molecular complexity index is 748. The Kier molecular flexibility index (Phi) is 3.32. The van der Waals surface area contributed by atoms with E-state index >= 15 is 0 Å². The zero-order valence-electron chi connectivity index (χ0n) is 11.3. The Morgan fingerprint density at radius 2 is 2.05 bits per heavy atom. The Hall–Kier alpha value is -2.07. The van der Waals surface area contributed by atoms with Crippen LogP contribution in [0, 0.1) is 0 Å². The third-order valence-electron chi connectivity index (χ3n) is 3.07. The standard InChI is InChI=1S/C15H15ClN4/c1-9(2)19-14-6-15(16)17-8-12(14)10-3-4-13-11(5-10)7-18-20-13/h3-9H,1-2H3,(H,17,19)(H,18,20). The highest BCUT2D eigenvalue weighted by Gasteiger charge is 2.09. The summed E-state index contributed by atoms with van der Waals surface area (Å²) in [6.07, 6.45) is 3.62. The molecule has 2 N–H and O–H groups in total. The zero-order chi connectivity index (χ0) is 14.1. The highest BCUT2D eigenvalue weighted by molar-refractivity contribution is 6.29. The summed E-state index contributed by atoms with van der Waals surface area (Å²) in [7, 11) is 0. The van der Waals surface area contributed by atoms with Gasteiger partial charge in [0.1, 0.15) is 5.15 Å². The van der Waals surface area contributed by atoms with Crippen molar-refractivity contribution in [2.24, 2.45) is 0 Å². The minimum atomic E-state index is 0.324. The van der Waals surface area contributed by atoms with Gasteiger partial charge in [-0.2, -0.15) is 5.10 Å². The topological polar surface area (TPSA) is 53.6 Å². The fourth-order valence-corrected chi connectivity index (χ4v) is 2.36. The van der Waals surface area contributed by atoms with Crippen LogP contribution in [-0.4, -0.2) is 21.2 Å². The van der Waals surface area contributed by atoms with Crippen molar-refractivity contribution in [3.05, 3.63) is 41.8 Å². The molecular weight excluding hydrogens is 272 g/mol. The molecule has 0 aliphatic rings. The van der Waals surface area contributed by atoms with Gasteiger partial charge in [-0.05, 0) is 37.6 Å². The van der Waals surface area contributed by atoms with Crippen LogP contribution in [0.25, 0.3) is 22.0 Å². The van der Waals surface area contributed by atoms with Crippen LogP contribution >= 0.6 is 11.6 Å². The maximum absolute atomic E-state index is 6.00. The van der Waals surface area contributed by atoms with Gasteiger partial charge in [0.05, 0.1) is 11.7 Å². The molecule has 0 spiro atoms. The third-order valence-corrected chi connectivity index (χ3v) is 3.27. The number of rotatable bonds is 3. The number of nitrogens with one attached hydrogen (secondary N) is 2. The van der Waals surface area contributed by atoms with Gasteiger partial charge in [-0.15, -0.1) is 0 Å². The van der Waals surface area contributed by atoms with E-state index in [0.717, 1.165) is 27.7 Å². The van der Waals surface area contributed by atoms with Gasteiger partial charge < -0.3 is 5.32 Å². The number of benzene rings is 1. The molecule has 0 aliphatic carbocycles. The number of halogens is 1. The number of hydrogen-bond donors (Lipinski definition) is 2. The van der Waals surface area contributed by atoms with Crippen LogP contribution in [0.5, 0.6) is 0 Å². The van der Waals surface area contributed by atoms with E-state index in [1.165, 1.54) is 0 Å². The van der Waals surface area contributed by atoms with E-state index in [1.807, 2.05) is 18.3 Å². The van der Waals surface area contributed by atoms with Gasteiger partial charge in [-0.1, -0.05) is 17.7 Å². The maximum atomic E-state index is 6.00. The molecular formula is C15H15ClN4. The van der Waals surface area contributed by atoms with Crippen LogP contribution in [-0.2, 0) is 0 Å². The summed E-state index contributed by atoms with van der Waals surface area (Å²) in [5, 5.41) is 12.0. The average Bonchev–Trinajstić information content (AvgIpc) is 2.85. The molecule has 0 saturated heterocycles. The largest absolute Gasteiger partial charge is 0.382 e. The smallest absolute Gasteiger partial charge is 0.131 e. The fraction of sp³-hybridized carbons (Fsp3) is 0.200. The van der Waals surface area contributed by atoms with E-state index < -0.39 is 0 Å². The van der Waals surface area contributed by atoms with Crippen molar-refractivity contribution in [3.8, 4) is 11.1 Å². The highest BCUT2D eigenvalue weighted by Crippen LogP contribution is 2.31. The van der Waals surface area contributed by atoms with Crippen LogP contribution < -0.4 is 5.32 Å². The van der Waals surface area contributed by atoms with Gasteiger partial charge in [0.15, 0.2) is 0 Å². The highest BCUT2D eigenvalue weighted by atomic mass is 35.5. The van der Waals surface area contributed by atoms with E-state index in [9.17, 15) is 0 Å². The van der Waals surface area contributed by atoms with Gasteiger partial charge >= 0.3 is 0 Å². The molecule has 2 heterocycles. The van der Waals surface area contributed by atoms with Crippen molar-refractivity contribution in [3.63, 3.8) is 0 Å². The monoisotopic (exact) mass is 286 g/mol. The van der Waals surface area contributed by atoms with Crippen LogP contribution in [0.3, 0.4) is 0 Å². The number of anilines is 1. The predicted molar refractivity (Wildman–Crippen MR) is 83.1 cm³/mol. The minimum absolute atomic E-state index is 0.324. The third kappa shape index (κ3) is 2.47. The van der Waals surface area contributed by atoms with Crippen molar-refractivity contribution in [1.29, 1.82) is 0 Å². The first-order chi connectivity index (χ1) is 9.63. The number of pyridine rings is 1. The van der Waals surface area contributed by atoms with Crippen molar-refractivity contribution in [2.75, 3.05) is 5.32 Å². The number of aromatic nitrogens is 3. The van der Waals surface area contributed by atoms with E-state index in [2.05, 4.69) is 46.5 Å². The van der Waals surface area contributed by atoms with Gasteiger partial charge in [-0.3, -0.25) is 5.10 Å². The van der Waals surface area contributed by atoms with Gasteiger partial charge in [0.25, 0.3) is 0 Å². The Morgan fingerprint density at radius 1 is 1.20 bits per heavy atom. The van der Waals surface area contributed by atoms with Crippen LogP contribution in [0.15, 0.2) is 36.7 Å². The Balaban J connectivity index is 2.12. The van der Waals surface area contributed by atoms with E-state index in [4.69, 9.17) is 11.6 Å². The van der Waals surface area contributed by atoms with E-state index in [-0.39, 0.29) is 0 Å². The first-order valence-electron chi connectivity index (χ1n) is 6.49. The van der Waals surface area contributed by atoms with Gasteiger partial charge in [-0.25, -0.2) is 4.98 Å².